The number of carbonyl (C=O) groups excluding carboxylic acids is 1. The van der Waals surface area contributed by atoms with Gasteiger partial charge < -0.3 is 9.90 Å². The van der Waals surface area contributed by atoms with Gasteiger partial charge in [-0.2, -0.15) is 0 Å². The third kappa shape index (κ3) is 10.5. The zero-order valence-electron chi connectivity index (χ0n) is 7.55. The Kier molecular flexibility index (Phi) is 12.0. The Hall–Kier alpha value is 0.500. The van der Waals surface area contributed by atoms with Crippen molar-refractivity contribution >= 4 is 17.6 Å². The number of hydrogen-bond donors (Lipinski definition) is 0. The van der Waals surface area contributed by atoms with Gasteiger partial charge in [0.1, 0.15) is 0 Å². The molecule has 0 amide bonds. The summed E-state index contributed by atoms with van der Waals surface area (Å²) < 4.78 is 0. The molecule has 0 aliphatic heterocycles. The first kappa shape index (κ1) is 15.0. The monoisotopic (exact) mass is 198 g/mol. The molecule has 0 aromatic rings. The molecule has 0 radical (unpaired) electrons. The second-order valence-corrected chi connectivity index (χ2v) is 2.87. The van der Waals surface area contributed by atoms with E-state index in [0.717, 1.165) is 12.8 Å². The molecule has 0 aliphatic carbocycles. The molecule has 64 valence electrons. The molecule has 0 spiro atoms. The number of hydrogen-bond acceptors (Lipinski definition) is 2. The van der Waals surface area contributed by atoms with Crippen molar-refractivity contribution in [3.05, 3.63) is 12.2 Å². The maximum atomic E-state index is 10.0. The van der Waals surface area contributed by atoms with E-state index >= 15 is 0 Å². The van der Waals surface area contributed by atoms with Crippen molar-refractivity contribution in [3.8, 4) is 0 Å². The zero-order chi connectivity index (χ0) is 8.69. The molecule has 0 N–H and O–H groups in total. The molecule has 12 heavy (non-hydrogen) atoms. The normalized spacial score (nSPS) is 12.5. The van der Waals surface area contributed by atoms with E-state index in [4.69, 9.17) is 11.6 Å². The summed E-state index contributed by atoms with van der Waals surface area (Å²) in [4.78, 5) is 10.0. The fraction of sp³-hybridized carbons (Fsp3) is 0.625. The second kappa shape index (κ2) is 9.59. The predicted molar refractivity (Wildman–Crippen MR) is 43.3 cm³/mol. The van der Waals surface area contributed by atoms with E-state index in [1.165, 1.54) is 0 Å². The second-order valence-electron chi connectivity index (χ2n) is 2.31. The van der Waals surface area contributed by atoms with Crippen molar-refractivity contribution in [2.45, 2.75) is 31.6 Å². The SMILES string of the molecule is CCC/C=C/C(Cl)CC(=O)[O-].[Na+]. The van der Waals surface area contributed by atoms with Gasteiger partial charge in [0.25, 0.3) is 0 Å². The van der Waals surface area contributed by atoms with Crippen molar-refractivity contribution in [2.75, 3.05) is 0 Å². The van der Waals surface area contributed by atoms with Crippen LogP contribution in [0.5, 0.6) is 0 Å². The van der Waals surface area contributed by atoms with Crippen LogP contribution in [0.3, 0.4) is 0 Å². The van der Waals surface area contributed by atoms with Gasteiger partial charge in [0.05, 0.1) is 5.38 Å². The molecule has 0 fully saturated rings. The summed E-state index contributed by atoms with van der Waals surface area (Å²) >= 11 is 5.60. The van der Waals surface area contributed by atoms with Crippen molar-refractivity contribution in [3.63, 3.8) is 0 Å². The van der Waals surface area contributed by atoms with Crippen LogP contribution in [0.15, 0.2) is 12.2 Å². The average molecular weight is 199 g/mol. The topological polar surface area (TPSA) is 40.1 Å². The number of alkyl halides is 1. The third-order valence-corrected chi connectivity index (χ3v) is 1.46. The summed E-state index contributed by atoms with van der Waals surface area (Å²) in [7, 11) is 0. The minimum Gasteiger partial charge on any atom is -0.550 e. The van der Waals surface area contributed by atoms with Crippen LogP contribution in [0, 0.1) is 0 Å². The van der Waals surface area contributed by atoms with Crippen molar-refractivity contribution < 1.29 is 39.5 Å². The van der Waals surface area contributed by atoms with Gasteiger partial charge in [0.2, 0.25) is 0 Å². The molecular formula is C8H12ClNaO2. The van der Waals surface area contributed by atoms with E-state index in [1.807, 2.05) is 13.0 Å². The number of carboxylic acids is 1. The van der Waals surface area contributed by atoms with Gasteiger partial charge in [-0.15, -0.1) is 11.6 Å². The van der Waals surface area contributed by atoms with E-state index in [2.05, 4.69) is 0 Å². The predicted octanol–water partition coefficient (Wildman–Crippen LogP) is -1.91. The molecule has 0 aliphatic rings. The van der Waals surface area contributed by atoms with E-state index in [1.54, 1.807) is 6.08 Å². The van der Waals surface area contributed by atoms with E-state index in [9.17, 15) is 9.90 Å². The van der Waals surface area contributed by atoms with Crippen LogP contribution in [0.25, 0.3) is 0 Å². The van der Waals surface area contributed by atoms with Crippen LogP contribution in [0.2, 0.25) is 0 Å². The van der Waals surface area contributed by atoms with Gasteiger partial charge >= 0.3 is 29.6 Å². The number of unbranched alkanes of at least 4 members (excludes halogenated alkanes) is 1. The molecule has 0 heterocycles. The summed E-state index contributed by atoms with van der Waals surface area (Å²) in [6.07, 6.45) is 5.46. The van der Waals surface area contributed by atoms with E-state index in [0.29, 0.717) is 0 Å². The van der Waals surface area contributed by atoms with E-state index in [-0.39, 0.29) is 36.0 Å². The van der Waals surface area contributed by atoms with Gasteiger partial charge in [-0.05, 0) is 6.42 Å². The Morgan fingerprint density at radius 2 is 2.25 bits per heavy atom. The van der Waals surface area contributed by atoms with Crippen LogP contribution in [0.1, 0.15) is 26.2 Å². The summed E-state index contributed by atoms with van der Waals surface area (Å²) in [5.74, 6) is -1.11. The number of carbonyl (C=O) groups is 1. The van der Waals surface area contributed by atoms with Crippen LogP contribution in [-0.4, -0.2) is 11.3 Å². The number of allylic oxidation sites excluding steroid dienone is 2. The Morgan fingerprint density at radius 1 is 1.67 bits per heavy atom. The maximum Gasteiger partial charge on any atom is 1.00 e. The molecular weight excluding hydrogens is 187 g/mol. The van der Waals surface area contributed by atoms with Gasteiger partial charge in [-0.1, -0.05) is 25.5 Å². The number of aliphatic carboxylic acids is 1. The Labute approximate surface area is 100 Å². The zero-order valence-corrected chi connectivity index (χ0v) is 10.3. The standard InChI is InChI=1S/C8H13ClO2.Na/c1-2-3-4-5-7(9)6-8(10)11;/h4-5,7H,2-3,6H2,1H3,(H,10,11);/q;+1/p-1/b5-4+;. The smallest absolute Gasteiger partial charge is 0.550 e. The van der Waals surface area contributed by atoms with Gasteiger partial charge in [0.15, 0.2) is 0 Å². The first-order valence-corrected chi connectivity index (χ1v) is 4.11. The molecule has 4 heteroatoms. The number of halogens is 1. The molecule has 1 atom stereocenters. The Bertz CT molecular complexity index is 148. The van der Waals surface area contributed by atoms with Crippen LogP contribution < -0.4 is 34.7 Å². The fourth-order valence-electron chi connectivity index (χ4n) is 0.638. The minimum atomic E-state index is -1.11. The summed E-state index contributed by atoms with van der Waals surface area (Å²) in [6, 6.07) is 0. The van der Waals surface area contributed by atoms with E-state index < -0.39 is 11.3 Å². The summed E-state index contributed by atoms with van der Waals surface area (Å²) in [6.45, 7) is 2.05. The third-order valence-electron chi connectivity index (χ3n) is 1.16. The molecule has 0 bridgehead atoms. The molecule has 0 saturated carbocycles. The number of carboxylic acid groups (broad SMARTS) is 1. The largest absolute Gasteiger partial charge is 1.00 e. The van der Waals surface area contributed by atoms with Gasteiger partial charge in [-0.25, -0.2) is 0 Å². The summed E-state index contributed by atoms with van der Waals surface area (Å²) in [5.41, 5.74) is 0. The van der Waals surface area contributed by atoms with Gasteiger partial charge in [-0.3, -0.25) is 0 Å². The summed E-state index contributed by atoms with van der Waals surface area (Å²) in [5, 5.41) is 9.59. The minimum absolute atomic E-state index is 0. The first-order chi connectivity index (χ1) is 5.16. The van der Waals surface area contributed by atoms with Gasteiger partial charge in [0, 0.05) is 12.4 Å². The van der Waals surface area contributed by atoms with Crippen molar-refractivity contribution in [2.24, 2.45) is 0 Å². The molecule has 0 saturated heterocycles. The van der Waals surface area contributed by atoms with Crippen LogP contribution >= 0.6 is 11.6 Å². The average Bonchev–Trinajstić information content (AvgIpc) is 1.86. The molecule has 0 aromatic heterocycles. The Balaban J connectivity index is 0. The first-order valence-electron chi connectivity index (χ1n) is 3.67. The fourth-order valence-corrected chi connectivity index (χ4v) is 0.867. The number of rotatable bonds is 5. The Morgan fingerprint density at radius 3 is 2.67 bits per heavy atom. The molecule has 0 aromatic carbocycles. The van der Waals surface area contributed by atoms with Crippen LogP contribution in [-0.2, 0) is 4.79 Å². The van der Waals surface area contributed by atoms with Crippen molar-refractivity contribution in [1.29, 1.82) is 0 Å². The van der Waals surface area contributed by atoms with Crippen LogP contribution in [0.4, 0.5) is 0 Å². The molecule has 1 unspecified atom stereocenters. The molecule has 0 rings (SSSR count). The quantitative estimate of drug-likeness (QED) is 0.294. The van der Waals surface area contributed by atoms with Crippen molar-refractivity contribution in [1.82, 2.24) is 0 Å². The molecule has 2 nitrogen and oxygen atoms in total. The maximum absolute atomic E-state index is 10.0.